The number of hydrogen-bond acceptors (Lipinski definition) is 5. The van der Waals surface area contributed by atoms with Gasteiger partial charge in [0, 0.05) is 6.42 Å². The molecule has 0 aliphatic rings. The summed E-state index contributed by atoms with van der Waals surface area (Å²) in [5.41, 5.74) is -1.04. The maximum atomic E-state index is 13.6. The van der Waals surface area contributed by atoms with E-state index in [9.17, 15) is 31.5 Å². The zero-order chi connectivity index (χ0) is 28.2. The minimum absolute atomic E-state index is 0.0153. The van der Waals surface area contributed by atoms with Gasteiger partial charge in [0.15, 0.2) is 0 Å². The number of alkyl halides is 5. The van der Waals surface area contributed by atoms with Crippen LogP contribution in [-0.4, -0.2) is 51.7 Å². The highest BCUT2D eigenvalue weighted by atomic mass is 28.4. The fourth-order valence-electron chi connectivity index (χ4n) is 4.00. The molecule has 0 N–H and O–H groups in total. The minimum Gasteiger partial charge on any atom is -0.466 e. The van der Waals surface area contributed by atoms with Gasteiger partial charge >= 0.3 is 24.0 Å². The van der Waals surface area contributed by atoms with Crippen molar-refractivity contribution in [3.05, 3.63) is 0 Å². The van der Waals surface area contributed by atoms with Crippen LogP contribution in [0.15, 0.2) is 0 Å². The predicted octanol–water partition coefficient (Wildman–Crippen LogP) is 7.97. The van der Waals surface area contributed by atoms with Crippen LogP contribution in [0.4, 0.5) is 22.0 Å². The second-order valence-electron chi connectivity index (χ2n) is 10.3. The van der Waals surface area contributed by atoms with Gasteiger partial charge in [-0.3, -0.25) is 4.79 Å². The number of carbonyl (C=O) groups excluding carboxylic acids is 2. The van der Waals surface area contributed by atoms with Crippen LogP contribution in [0, 0.1) is 0 Å². The summed E-state index contributed by atoms with van der Waals surface area (Å²) < 4.78 is 82.0. The standard InChI is InChI=1S/C25H45F5O5Si/c1-8-11-12-13-14-16-19(21(31)33-9-2)35-36(7,23(4,5)6)20(22(32)34-10-3)17-15-18-24(26,27)25(28,29)30/h19-20H,8-18H2,1-7H3. The largest absolute Gasteiger partial charge is 0.466 e. The van der Waals surface area contributed by atoms with E-state index < -0.39 is 61.9 Å². The van der Waals surface area contributed by atoms with E-state index in [0.717, 1.165) is 25.7 Å². The Labute approximate surface area is 213 Å². The lowest BCUT2D eigenvalue weighted by Gasteiger charge is -2.45. The number of unbranched alkanes of at least 4 members (excludes halogenated alkanes) is 4. The van der Waals surface area contributed by atoms with Crippen molar-refractivity contribution in [1.82, 2.24) is 0 Å². The average molecular weight is 549 g/mol. The SMILES string of the molecule is CCCCCCCC(O[Si](C)(C(CCCC(F)(F)C(F)(F)F)C(=O)OCC)C(C)(C)C)C(=O)OCC. The Morgan fingerprint density at radius 1 is 0.778 bits per heavy atom. The van der Waals surface area contributed by atoms with Crippen molar-refractivity contribution in [3.8, 4) is 0 Å². The van der Waals surface area contributed by atoms with Gasteiger partial charge in [-0.1, -0.05) is 59.8 Å². The molecule has 0 spiro atoms. The monoisotopic (exact) mass is 548 g/mol. The normalized spacial score (nSPS) is 16.2. The van der Waals surface area contributed by atoms with Crippen molar-refractivity contribution in [3.63, 3.8) is 0 Å². The van der Waals surface area contributed by atoms with Crippen LogP contribution in [-0.2, 0) is 23.5 Å². The summed E-state index contributed by atoms with van der Waals surface area (Å²) in [7, 11) is -3.35. The first-order chi connectivity index (χ1) is 16.5. The second kappa shape index (κ2) is 15.2. The van der Waals surface area contributed by atoms with Crippen LogP contribution >= 0.6 is 0 Å². The van der Waals surface area contributed by atoms with Crippen LogP contribution in [0.2, 0.25) is 17.1 Å². The molecule has 0 fully saturated rings. The lowest BCUT2D eigenvalue weighted by molar-refractivity contribution is -0.284. The Kier molecular flexibility index (Phi) is 14.7. The van der Waals surface area contributed by atoms with E-state index in [1.165, 1.54) is 0 Å². The Bertz CT molecular complexity index is 666. The van der Waals surface area contributed by atoms with Crippen LogP contribution in [0.5, 0.6) is 0 Å². The fourth-order valence-corrected chi connectivity index (χ4v) is 7.66. The summed E-state index contributed by atoms with van der Waals surface area (Å²) in [5.74, 6) is -6.14. The van der Waals surface area contributed by atoms with Gasteiger partial charge in [-0.25, -0.2) is 4.79 Å². The van der Waals surface area contributed by atoms with Gasteiger partial charge in [-0.2, -0.15) is 22.0 Å². The molecular weight excluding hydrogens is 503 g/mol. The fraction of sp³-hybridized carbons (Fsp3) is 0.920. The summed E-state index contributed by atoms with van der Waals surface area (Å²) in [4.78, 5) is 25.8. The van der Waals surface area contributed by atoms with Gasteiger partial charge in [-0.15, -0.1) is 0 Å². The zero-order valence-electron chi connectivity index (χ0n) is 22.9. The van der Waals surface area contributed by atoms with Crippen molar-refractivity contribution in [2.45, 2.75) is 135 Å². The van der Waals surface area contributed by atoms with E-state index >= 15 is 0 Å². The van der Waals surface area contributed by atoms with Gasteiger partial charge in [0.25, 0.3) is 0 Å². The molecule has 3 atom stereocenters. The molecule has 214 valence electrons. The Hall–Kier alpha value is -1.23. The molecule has 11 heteroatoms. The van der Waals surface area contributed by atoms with E-state index in [1.54, 1.807) is 20.4 Å². The van der Waals surface area contributed by atoms with Crippen molar-refractivity contribution in [2.24, 2.45) is 0 Å². The summed E-state index contributed by atoms with van der Waals surface area (Å²) >= 11 is 0. The molecule has 0 amide bonds. The molecule has 0 bridgehead atoms. The highest BCUT2D eigenvalue weighted by molar-refractivity contribution is 6.79. The molecule has 0 aliphatic carbocycles. The number of rotatable bonds is 17. The molecule has 0 aromatic rings. The smallest absolute Gasteiger partial charge is 0.453 e. The van der Waals surface area contributed by atoms with Gasteiger partial charge in [0.2, 0.25) is 8.32 Å². The van der Waals surface area contributed by atoms with Crippen molar-refractivity contribution < 1.29 is 45.4 Å². The predicted molar refractivity (Wildman–Crippen MR) is 131 cm³/mol. The molecule has 3 unspecified atom stereocenters. The van der Waals surface area contributed by atoms with Crippen molar-refractivity contribution in [1.29, 1.82) is 0 Å². The van der Waals surface area contributed by atoms with Crippen LogP contribution in [0.1, 0.15) is 99.3 Å². The van der Waals surface area contributed by atoms with E-state index in [0.29, 0.717) is 12.8 Å². The number of hydrogen-bond donors (Lipinski definition) is 0. The van der Waals surface area contributed by atoms with Gasteiger partial charge in [-0.05, 0) is 44.7 Å². The zero-order valence-corrected chi connectivity index (χ0v) is 23.9. The summed E-state index contributed by atoms with van der Waals surface area (Å²) in [6.45, 7) is 12.7. The molecule has 0 saturated heterocycles. The minimum atomic E-state index is -5.67. The third kappa shape index (κ3) is 10.6. The molecule has 5 nitrogen and oxygen atoms in total. The van der Waals surface area contributed by atoms with Crippen LogP contribution in [0.3, 0.4) is 0 Å². The lowest BCUT2D eigenvalue weighted by atomic mass is 10.1. The Balaban J connectivity index is 6.02. The first-order valence-corrected chi connectivity index (χ1v) is 15.4. The van der Waals surface area contributed by atoms with Crippen LogP contribution in [0.25, 0.3) is 0 Å². The van der Waals surface area contributed by atoms with E-state index in [1.807, 2.05) is 20.8 Å². The number of ether oxygens (including phenoxy) is 2. The lowest BCUT2D eigenvalue weighted by Crippen LogP contribution is -2.55. The topological polar surface area (TPSA) is 61.8 Å². The van der Waals surface area contributed by atoms with Gasteiger partial charge in [0.1, 0.15) is 6.10 Å². The maximum Gasteiger partial charge on any atom is 0.453 e. The molecule has 0 aromatic heterocycles. The van der Waals surface area contributed by atoms with E-state index in [4.69, 9.17) is 13.9 Å². The van der Waals surface area contributed by atoms with Crippen molar-refractivity contribution in [2.75, 3.05) is 13.2 Å². The molecule has 0 radical (unpaired) electrons. The van der Waals surface area contributed by atoms with Gasteiger partial charge < -0.3 is 13.9 Å². The third-order valence-electron chi connectivity index (χ3n) is 6.63. The summed E-state index contributed by atoms with van der Waals surface area (Å²) in [6.07, 6.45) is -3.84. The average Bonchev–Trinajstić information content (AvgIpc) is 2.74. The molecule has 36 heavy (non-hydrogen) atoms. The molecule has 0 saturated carbocycles. The Morgan fingerprint density at radius 2 is 1.31 bits per heavy atom. The number of halogens is 5. The molecule has 0 heterocycles. The number of esters is 2. The molecule has 0 aromatic carbocycles. The summed E-state index contributed by atoms with van der Waals surface area (Å²) in [5, 5.41) is -0.677. The first kappa shape index (κ1) is 34.8. The van der Waals surface area contributed by atoms with E-state index in [-0.39, 0.29) is 19.6 Å². The van der Waals surface area contributed by atoms with Gasteiger partial charge in [0.05, 0.1) is 18.8 Å². The highest BCUT2D eigenvalue weighted by Crippen LogP contribution is 2.49. The highest BCUT2D eigenvalue weighted by Gasteiger charge is 2.58. The third-order valence-corrected chi connectivity index (χ3v) is 12.2. The van der Waals surface area contributed by atoms with Crippen molar-refractivity contribution >= 4 is 20.3 Å². The number of carbonyl (C=O) groups is 2. The molecule has 0 rings (SSSR count). The molecular formula is C25H45F5O5Si. The Morgan fingerprint density at radius 3 is 1.78 bits per heavy atom. The van der Waals surface area contributed by atoms with Crippen LogP contribution < -0.4 is 0 Å². The molecule has 0 aliphatic heterocycles. The quantitative estimate of drug-likeness (QED) is 0.0798. The maximum absolute atomic E-state index is 13.6. The second-order valence-corrected chi connectivity index (χ2v) is 15.0. The summed E-state index contributed by atoms with van der Waals surface area (Å²) in [6, 6.07) is 0. The van der Waals surface area contributed by atoms with E-state index in [2.05, 4.69) is 6.92 Å². The first-order valence-electron chi connectivity index (χ1n) is 12.9.